The molecule has 2 aromatic carbocycles. The molecule has 21 heteroatoms. The fraction of sp³-hybridized carbons (Fsp3) is 0.176. The summed E-state index contributed by atoms with van der Waals surface area (Å²) >= 11 is 0. The third kappa shape index (κ3) is 13.5. The van der Waals surface area contributed by atoms with E-state index in [0.29, 0.717) is 0 Å². The minimum atomic E-state index is -5.81. The van der Waals surface area contributed by atoms with Crippen LogP contribution in [0.2, 0.25) is 0 Å². The van der Waals surface area contributed by atoms with Crippen LogP contribution in [0.1, 0.15) is 11.1 Å². The van der Waals surface area contributed by atoms with Gasteiger partial charge < -0.3 is 70.8 Å². The first kappa shape index (κ1) is 41.3. The van der Waals surface area contributed by atoms with Crippen molar-refractivity contribution >= 4 is 149 Å². The van der Waals surface area contributed by atoms with Crippen LogP contribution in [0.15, 0.2) is 24.3 Å². The molecule has 0 aliphatic carbocycles. The molecule has 0 radical (unpaired) electrons. The van der Waals surface area contributed by atoms with Crippen LogP contribution >= 0.6 is 23.5 Å². The average molecular weight is 672 g/mol. The summed E-state index contributed by atoms with van der Waals surface area (Å²) in [5.41, 5.74) is -0.210. The Morgan fingerprint density at radius 1 is 0.579 bits per heavy atom. The van der Waals surface area contributed by atoms with Crippen LogP contribution in [0.25, 0.3) is 12.2 Å². The van der Waals surface area contributed by atoms with E-state index < -0.39 is 46.5 Å². The van der Waals surface area contributed by atoms with E-state index in [0.717, 1.165) is 38.5 Å². The van der Waals surface area contributed by atoms with Crippen LogP contribution in [0.5, 0.6) is 34.5 Å². The molecule has 0 aromatic heterocycles. The van der Waals surface area contributed by atoms with Gasteiger partial charge in [0.2, 0.25) is 11.5 Å². The number of benzene rings is 2. The quantitative estimate of drug-likeness (QED) is 0.135. The largest absolute Gasteiger partial charge is 2.00 e. The second kappa shape index (κ2) is 17.4. The number of rotatable bonds is 11. The summed E-state index contributed by atoms with van der Waals surface area (Å²) < 4.78 is 61.3. The SMILES string of the molecule is COc1cc(/C=C\c2ccc(OC)c(OP(=O)([O-])[O-])c2OP(=O)([O-])[O-])cc(OP(=O)([O-])[O-])c1OC.[Ca+2].[Ca+2].[Ca+2]. The Balaban J connectivity index is 0. The second-order valence-corrected chi connectivity index (χ2v) is 9.45. The third-order valence-corrected chi connectivity index (χ3v) is 5.10. The first-order chi connectivity index (χ1) is 16.1. The minimum absolute atomic E-state index is 0. The molecule has 0 amide bonds. The third-order valence-electron chi connectivity index (χ3n) is 3.87. The smallest absolute Gasteiger partial charge is 0.780 e. The Labute approximate surface area is 306 Å². The maximum atomic E-state index is 11.2. The zero-order valence-corrected chi connectivity index (χ0v) is 29.4. The molecule has 0 bridgehead atoms. The normalized spacial score (nSPS) is 11.4. The molecule has 2 aromatic rings. The number of hydrogen-bond acceptors (Lipinski definition) is 15. The summed E-state index contributed by atoms with van der Waals surface area (Å²) in [4.78, 5) is 66.9. The van der Waals surface area contributed by atoms with Gasteiger partial charge >= 0.3 is 113 Å². The van der Waals surface area contributed by atoms with Crippen LogP contribution < -0.4 is 57.1 Å². The Morgan fingerprint density at radius 3 is 1.50 bits per heavy atom. The standard InChI is InChI=1S/C17H21O15P3.3Ca/c1-27-12-7-6-11(15(31-34(21,22)23)17(12)32-35(24,25)26)5-4-10-8-13(28-2)16(29-3)14(9-10)30-33(18,19)20;;;/h4-9H,1-3H3,(H2,18,19,20)(H2,21,22,23)(H2,24,25,26);;;/q;3*+2/p-6/b5-4-;;;. The zero-order chi connectivity index (χ0) is 26.6. The first-order valence-corrected chi connectivity index (χ1v) is 13.2. The number of hydrogen-bond donors (Lipinski definition) is 0. The number of phosphoric acid groups is 3. The molecule has 0 heterocycles. The van der Waals surface area contributed by atoms with E-state index in [1.165, 1.54) is 19.3 Å². The number of phosphoric ester groups is 3. The molecule has 0 aliphatic heterocycles. The van der Waals surface area contributed by atoms with Crippen LogP contribution in [0.4, 0.5) is 0 Å². The summed E-state index contributed by atoms with van der Waals surface area (Å²) in [6, 6.07) is 4.53. The monoisotopic (exact) mass is 672 g/mol. The van der Waals surface area contributed by atoms with Gasteiger partial charge in [-0.15, -0.1) is 0 Å². The molecule has 38 heavy (non-hydrogen) atoms. The predicted molar refractivity (Wildman–Crippen MR) is 123 cm³/mol. The average Bonchev–Trinajstić information content (AvgIpc) is 2.70. The van der Waals surface area contributed by atoms with Gasteiger partial charge in [-0.2, -0.15) is 0 Å². The van der Waals surface area contributed by atoms with Crippen molar-refractivity contribution in [3.8, 4) is 34.5 Å². The predicted octanol–water partition coefficient (Wildman–Crippen LogP) is -2.64. The van der Waals surface area contributed by atoms with E-state index in [1.807, 2.05) is 0 Å². The fourth-order valence-electron chi connectivity index (χ4n) is 2.68. The van der Waals surface area contributed by atoms with Gasteiger partial charge in [-0.25, -0.2) is 0 Å². The van der Waals surface area contributed by atoms with E-state index in [4.69, 9.17) is 14.2 Å². The van der Waals surface area contributed by atoms with Crippen LogP contribution in [0.3, 0.4) is 0 Å². The summed E-state index contributed by atoms with van der Waals surface area (Å²) in [6.45, 7) is 0. The fourth-order valence-corrected chi connectivity index (χ4v) is 3.86. The number of ether oxygens (including phenoxy) is 3. The Morgan fingerprint density at radius 2 is 1.05 bits per heavy atom. The van der Waals surface area contributed by atoms with Gasteiger partial charge in [0.25, 0.3) is 0 Å². The zero-order valence-electron chi connectivity index (χ0n) is 20.1. The molecule has 194 valence electrons. The van der Waals surface area contributed by atoms with E-state index in [2.05, 4.69) is 13.6 Å². The molecule has 0 saturated heterocycles. The molecule has 0 atom stereocenters. The molecular formula is C17H15Ca3O15P3. The van der Waals surface area contributed by atoms with E-state index >= 15 is 0 Å². The maximum absolute atomic E-state index is 11.2. The van der Waals surface area contributed by atoms with Gasteiger partial charge in [-0.1, -0.05) is 12.2 Å². The summed E-state index contributed by atoms with van der Waals surface area (Å²) in [6.07, 6.45) is 2.24. The van der Waals surface area contributed by atoms with Crippen molar-refractivity contribution in [3.63, 3.8) is 0 Å². The van der Waals surface area contributed by atoms with Crippen molar-refractivity contribution < 1.29 is 70.8 Å². The van der Waals surface area contributed by atoms with Gasteiger partial charge in [0, 0.05) is 5.56 Å². The molecule has 15 nitrogen and oxygen atoms in total. The van der Waals surface area contributed by atoms with Gasteiger partial charge in [-0.3, -0.25) is 0 Å². The summed E-state index contributed by atoms with van der Waals surface area (Å²) in [5.74, 6) is -3.30. The number of methoxy groups -OCH3 is 3. The summed E-state index contributed by atoms with van der Waals surface area (Å²) in [5, 5.41) is 0. The summed E-state index contributed by atoms with van der Waals surface area (Å²) in [7, 11) is -13.7. The molecule has 0 spiro atoms. The van der Waals surface area contributed by atoms with Crippen molar-refractivity contribution in [2.45, 2.75) is 0 Å². The van der Waals surface area contributed by atoms with E-state index in [9.17, 15) is 43.1 Å². The molecular weight excluding hydrogens is 657 g/mol. The molecule has 0 saturated carbocycles. The maximum Gasteiger partial charge on any atom is 2.00 e. The first-order valence-electron chi connectivity index (χ1n) is 8.87. The van der Waals surface area contributed by atoms with Gasteiger partial charge in [0.15, 0.2) is 23.0 Å². The Kier molecular flexibility index (Phi) is 18.9. The van der Waals surface area contributed by atoms with Crippen LogP contribution in [0, 0.1) is 0 Å². The van der Waals surface area contributed by atoms with Crippen molar-refractivity contribution in [1.82, 2.24) is 0 Å². The second-order valence-electron chi connectivity index (χ2n) is 6.22. The molecule has 2 rings (SSSR count). The van der Waals surface area contributed by atoms with Gasteiger partial charge in [-0.05, 0) is 29.8 Å². The van der Waals surface area contributed by atoms with Crippen molar-refractivity contribution in [2.24, 2.45) is 0 Å². The molecule has 0 N–H and O–H groups in total. The Bertz CT molecular complexity index is 1250. The van der Waals surface area contributed by atoms with Crippen LogP contribution in [-0.4, -0.2) is 135 Å². The topological polar surface area (TPSA) is 245 Å². The van der Waals surface area contributed by atoms with Crippen molar-refractivity contribution in [2.75, 3.05) is 21.3 Å². The molecule has 0 fully saturated rings. The van der Waals surface area contributed by atoms with Crippen molar-refractivity contribution in [1.29, 1.82) is 0 Å². The van der Waals surface area contributed by atoms with E-state index in [1.54, 1.807) is 0 Å². The molecule has 0 aliphatic rings. The van der Waals surface area contributed by atoms with E-state index in [-0.39, 0.29) is 136 Å². The van der Waals surface area contributed by atoms with Gasteiger partial charge in [0.05, 0.1) is 21.3 Å². The van der Waals surface area contributed by atoms with Crippen LogP contribution in [-0.2, 0) is 13.7 Å². The minimum Gasteiger partial charge on any atom is -0.780 e. The van der Waals surface area contributed by atoms with Gasteiger partial charge in [0.1, 0.15) is 23.5 Å². The molecule has 0 unspecified atom stereocenters. The van der Waals surface area contributed by atoms with Crippen molar-refractivity contribution in [3.05, 3.63) is 35.4 Å². The Hall–Kier alpha value is 1.21.